The van der Waals surface area contributed by atoms with E-state index in [-0.39, 0.29) is 37.7 Å². The molecule has 35 heavy (non-hydrogen) atoms. The van der Waals surface area contributed by atoms with E-state index in [1.165, 1.54) is 0 Å². The van der Waals surface area contributed by atoms with Gasteiger partial charge in [-0.3, -0.25) is 24.5 Å². The first-order valence-electron chi connectivity index (χ1n) is 11.0. The van der Waals surface area contributed by atoms with Crippen LogP contribution in [0.25, 0.3) is 11.1 Å². The highest BCUT2D eigenvalue weighted by molar-refractivity contribution is 6.30. The summed E-state index contributed by atoms with van der Waals surface area (Å²) in [7, 11) is 0. The molecule has 0 spiro atoms. The molecule has 0 saturated carbocycles. The molecule has 1 aliphatic heterocycles. The number of carboxylic acids is 1. The van der Waals surface area contributed by atoms with Gasteiger partial charge in [0, 0.05) is 18.0 Å². The van der Waals surface area contributed by atoms with Crippen molar-refractivity contribution in [2.75, 3.05) is 19.6 Å². The molecule has 0 aliphatic carbocycles. The number of carboxylic acid groups (broad SMARTS) is 1. The first-order chi connectivity index (χ1) is 16.8. The maximum atomic E-state index is 12.4. The van der Waals surface area contributed by atoms with Crippen LogP contribution in [0.4, 0.5) is 0 Å². The lowest BCUT2D eigenvalue weighted by Gasteiger charge is -2.18. The average molecular weight is 500 g/mol. The van der Waals surface area contributed by atoms with Gasteiger partial charge in [-0.15, -0.1) is 0 Å². The normalized spacial score (nSPS) is 13.4. The maximum Gasteiger partial charge on any atom is 0.305 e. The molecule has 0 fully saturated rings. The van der Waals surface area contributed by atoms with Crippen molar-refractivity contribution in [2.24, 2.45) is 4.99 Å². The number of hydrogen-bond acceptors (Lipinski definition) is 6. The molecule has 1 unspecified atom stereocenters. The number of amides is 3. The van der Waals surface area contributed by atoms with Crippen LogP contribution in [0.2, 0.25) is 5.02 Å². The number of benzene rings is 2. The first-order valence-corrected chi connectivity index (χ1v) is 11.4. The minimum absolute atomic E-state index is 0.0906. The summed E-state index contributed by atoms with van der Waals surface area (Å²) in [5, 5.41) is 20.6. The third-order valence-corrected chi connectivity index (χ3v) is 5.41. The Hall–Kier alpha value is -3.92. The van der Waals surface area contributed by atoms with Gasteiger partial charge in [0.05, 0.1) is 19.0 Å². The summed E-state index contributed by atoms with van der Waals surface area (Å²) in [6.45, 7) is 0.257. The van der Waals surface area contributed by atoms with Crippen LogP contribution in [0.3, 0.4) is 0 Å². The van der Waals surface area contributed by atoms with Crippen LogP contribution in [0.1, 0.15) is 30.9 Å². The molecule has 11 heteroatoms. The van der Waals surface area contributed by atoms with Gasteiger partial charge in [-0.2, -0.15) is 0 Å². The van der Waals surface area contributed by atoms with Crippen LogP contribution in [0.15, 0.2) is 53.5 Å². The molecule has 0 saturated heterocycles. The van der Waals surface area contributed by atoms with Crippen molar-refractivity contribution >= 4 is 41.3 Å². The topological polar surface area (TPSA) is 149 Å². The molecule has 3 rings (SSSR count). The summed E-state index contributed by atoms with van der Waals surface area (Å²) in [5.74, 6) is -1.67. The highest BCUT2D eigenvalue weighted by Crippen LogP contribution is 2.24. The SMILES string of the molecule is O=C(O)CC(NC(=O)CNC(=O)CCCNC1=NCC(=O)N1)c1ccc(-c2ccc(Cl)cc2)cc1. The molecule has 0 aromatic heterocycles. The minimum atomic E-state index is -1.06. The number of aliphatic imine (C=N–C) groups is 1. The van der Waals surface area contributed by atoms with Crippen LogP contribution in [0.5, 0.6) is 0 Å². The number of carbonyl (C=O) groups excluding carboxylic acids is 3. The zero-order chi connectivity index (χ0) is 25.2. The van der Waals surface area contributed by atoms with E-state index < -0.39 is 17.9 Å². The Morgan fingerprint density at radius 3 is 2.29 bits per heavy atom. The van der Waals surface area contributed by atoms with Crippen molar-refractivity contribution in [3.63, 3.8) is 0 Å². The molecule has 184 valence electrons. The molecule has 2 aromatic rings. The van der Waals surface area contributed by atoms with Gasteiger partial charge >= 0.3 is 5.97 Å². The number of nitrogens with zero attached hydrogens (tertiary/aromatic N) is 1. The van der Waals surface area contributed by atoms with E-state index in [0.717, 1.165) is 11.1 Å². The van der Waals surface area contributed by atoms with Crippen LogP contribution in [-0.2, 0) is 19.2 Å². The van der Waals surface area contributed by atoms with Gasteiger partial charge in [-0.05, 0) is 35.2 Å². The third kappa shape index (κ3) is 8.42. The van der Waals surface area contributed by atoms with Crippen molar-refractivity contribution in [3.8, 4) is 11.1 Å². The van der Waals surface area contributed by atoms with Crippen LogP contribution >= 0.6 is 11.6 Å². The molecule has 1 aliphatic rings. The maximum absolute atomic E-state index is 12.4. The lowest BCUT2D eigenvalue weighted by atomic mass is 9.99. The van der Waals surface area contributed by atoms with E-state index in [9.17, 15) is 24.3 Å². The fourth-order valence-electron chi connectivity index (χ4n) is 3.41. The zero-order valence-corrected chi connectivity index (χ0v) is 19.6. The summed E-state index contributed by atoms with van der Waals surface area (Å²) in [5.41, 5.74) is 2.52. The van der Waals surface area contributed by atoms with Crippen LogP contribution < -0.4 is 21.3 Å². The molecule has 0 radical (unpaired) electrons. The van der Waals surface area contributed by atoms with Gasteiger partial charge in [-0.25, -0.2) is 4.99 Å². The second-order valence-corrected chi connectivity index (χ2v) is 8.30. The Morgan fingerprint density at radius 2 is 1.69 bits per heavy atom. The summed E-state index contributed by atoms with van der Waals surface area (Å²) in [6, 6.07) is 13.8. The van der Waals surface area contributed by atoms with Crippen LogP contribution in [0, 0.1) is 0 Å². The fraction of sp³-hybridized carbons (Fsp3) is 0.292. The molecular formula is C24H26ClN5O5. The van der Waals surface area contributed by atoms with Gasteiger partial charge in [0.2, 0.25) is 17.7 Å². The number of nitrogens with one attached hydrogen (secondary N) is 4. The average Bonchev–Trinajstić information content (AvgIpc) is 3.25. The van der Waals surface area contributed by atoms with E-state index in [2.05, 4.69) is 26.3 Å². The number of halogens is 1. The summed E-state index contributed by atoms with van der Waals surface area (Å²) < 4.78 is 0. The number of hydrogen-bond donors (Lipinski definition) is 5. The Morgan fingerprint density at radius 1 is 1.03 bits per heavy atom. The van der Waals surface area contributed by atoms with Crippen molar-refractivity contribution in [1.82, 2.24) is 21.3 Å². The van der Waals surface area contributed by atoms with Gasteiger partial charge in [0.25, 0.3) is 0 Å². The molecule has 10 nitrogen and oxygen atoms in total. The van der Waals surface area contributed by atoms with E-state index >= 15 is 0 Å². The van der Waals surface area contributed by atoms with Crippen molar-refractivity contribution in [3.05, 3.63) is 59.1 Å². The Balaban J connectivity index is 1.46. The lowest BCUT2D eigenvalue weighted by Crippen LogP contribution is -2.39. The second kappa shape index (κ2) is 12.5. The second-order valence-electron chi connectivity index (χ2n) is 7.87. The molecule has 3 amide bonds. The number of rotatable bonds is 11. The Labute approximate surface area is 207 Å². The van der Waals surface area contributed by atoms with Gasteiger partial charge in [0.1, 0.15) is 6.54 Å². The monoisotopic (exact) mass is 499 g/mol. The fourth-order valence-corrected chi connectivity index (χ4v) is 3.53. The molecule has 5 N–H and O–H groups in total. The van der Waals surface area contributed by atoms with Gasteiger partial charge < -0.3 is 21.1 Å². The molecule has 1 heterocycles. The summed E-state index contributed by atoms with van der Waals surface area (Å²) in [6.07, 6.45) is 0.349. The summed E-state index contributed by atoms with van der Waals surface area (Å²) >= 11 is 5.93. The lowest BCUT2D eigenvalue weighted by molar-refractivity contribution is -0.138. The number of carbonyl (C=O) groups is 4. The standard InChI is InChI=1S/C24H26ClN5O5/c25-18-9-7-16(8-10-18)15-3-5-17(6-4-15)19(12-23(34)35)29-21(32)13-27-20(31)2-1-11-26-24-28-14-22(33)30-24/h3-10,19H,1-2,11-14H2,(H,27,31)(H,29,32)(H,34,35)(H2,26,28,30,33). The van der Waals surface area contributed by atoms with E-state index in [1.807, 2.05) is 24.3 Å². The van der Waals surface area contributed by atoms with E-state index in [1.54, 1.807) is 24.3 Å². The van der Waals surface area contributed by atoms with Crippen molar-refractivity contribution in [1.29, 1.82) is 0 Å². The van der Waals surface area contributed by atoms with E-state index in [4.69, 9.17) is 11.6 Å². The highest BCUT2D eigenvalue weighted by Gasteiger charge is 2.19. The van der Waals surface area contributed by atoms with Crippen molar-refractivity contribution < 1.29 is 24.3 Å². The number of guanidine groups is 1. The predicted octanol–water partition coefficient (Wildman–Crippen LogP) is 1.61. The Kier molecular flexibility index (Phi) is 9.19. The largest absolute Gasteiger partial charge is 0.481 e. The minimum Gasteiger partial charge on any atom is -0.481 e. The summed E-state index contributed by atoms with van der Waals surface area (Å²) in [4.78, 5) is 50.7. The third-order valence-electron chi connectivity index (χ3n) is 5.16. The van der Waals surface area contributed by atoms with Crippen LogP contribution in [-0.4, -0.2) is 54.4 Å². The quantitative estimate of drug-likeness (QED) is 0.296. The zero-order valence-electron chi connectivity index (χ0n) is 18.8. The van der Waals surface area contributed by atoms with Crippen molar-refractivity contribution in [2.45, 2.75) is 25.3 Å². The molecular weight excluding hydrogens is 474 g/mol. The Bertz CT molecular complexity index is 1100. The van der Waals surface area contributed by atoms with Gasteiger partial charge in [-0.1, -0.05) is 48.0 Å². The first kappa shape index (κ1) is 25.7. The van der Waals surface area contributed by atoms with E-state index in [0.29, 0.717) is 29.5 Å². The number of aliphatic carboxylic acids is 1. The predicted molar refractivity (Wildman–Crippen MR) is 131 cm³/mol. The molecule has 0 bridgehead atoms. The molecule has 2 aromatic carbocycles. The molecule has 1 atom stereocenters. The highest BCUT2D eigenvalue weighted by atomic mass is 35.5. The smallest absolute Gasteiger partial charge is 0.305 e. The van der Waals surface area contributed by atoms with Gasteiger partial charge in [0.15, 0.2) is 5.96 Å².